The van der Waals surface area contributed by atoms with Crippen LogP contribution in [0.25, 0.3) is 10.8 Å². The minimum absolute atomic E-state index is 0.376. The predicted molar refractivity (Wildman–Crippen MR) is 109 cm³/mol. The minimum atomic E-state index is 0.376. The smallest absolute Gasteiger partial charge is 0.00181 e. The largest absolute Gasteiger partial charge is 0.0805 e. The molecule has 0 heteroatoms. The van der Waals surface area contributed by atoms with Gasteiger partial charge in [-0.1, -0.05) is 93.5 Å². The van der Waals surface area contributed by atoms with E-state index in [-0.39, 0.29) is 0 Å². The average Bonchev–Trinajstić information content (AvgIpc) is 2.96. The Labute approximate surface area is 152 Å². The fraction of sp³-hybridized carbons (Fsp3) is 0.440. The molecular formula is C25H30. The molecule has 2 aromatic rings. The molecule has 0 saturated heterocycles. The lowest BCUT2D eigenvalue weighted by atomic mass is 9.64. The number of hydrogen-bond acceptors (Lipinski definition) is 0. The summed E-state index contributed by atoms with van der Waals surface area (Å²) in [5.41, 5.74) is 1.96. The second-order valence-electron chi connectivity index (χ2n) is 8.02. The van der Waals surface area contributed by atoms with E-state index in [0.29, 0.717) is 17.3 Å². The van der Waals surface area contributed by atoms with E-state index in [2.05, 4.69) is 80.6 Å². The van der Waals surface area contributed by atoms with Gasteiger partial charge < -0.3 is 0 Å². The number of allylic oxidation sites excluding steroid dienone is 4. The van der Waals surface area contributed by atoms with Crippen LogP contribution in [-0.2, 0) is 0 Å². The lowest BCUT2D eigenvalue weighted by molar-refractivity contribution is 0.188. The molecule has 0 aromatic heterocycles. The van der Waals surface area contributed by atoms with E-state index in [1.54, 1.807) is 5.56 Å². The Morgan fingerprint density at radius 2 is 1.80 bits per heavy atom. The zero-order chi connectivity index (χ0) is 17.3. The summed E-state index contributed by atoms with van der Waals surface area (Å²) in [6.45, 7) is 4.71. The van der Waals surface area contributed by atoms with E-state index in [0.717, 1.165) is 5.92 Å². The molecule has 2 aliphatic carbocycles. The van der Waals surface area contributed by atoms with Crippen molar-refractivity contribution in [3.63, 3.8) is 0 Å². The van der Waals surface area contributed by atoms with Gasteiger partial charge in [-0.15, -0.1) is 0 Å². The first-order valence-electron chi connectivity index (χ1n) is 10.1. The average molecular weight is 331 g/mol. The third kappa shape index (κ3) is 2.67. The SMILES string of the molecule is CCCC1C(c2cccc3ccccc23)CC2C=CC=CC21CCC. The Balaban J connectivity index is 1.83. The third-order valence-electron chi connectivity index (χ3n) is 6.74. The molecule has 0 bridgehead atoms. The van der Waals surface area contributed by atoms with Gasteiger partial charge in [0.2, 0.25) is 0 Å². The Bertz CT molecular complexity index is 791. The van der Waals surface area contributed by atoms with Crippen molar-refractivity contribution in [2.24, 2.45) is 17.3 Å². The van der Waals surface area contributed by atoms with Crippen molar-refractivity contribution in [3.8, 4) is 0 Å². The third-order valence-corrected chi connectivity index (χ3v) is 6.74. The number of benzene rings is 2. The zero-order valence-electron chi connectivity index (χ0n) is 15.6. The van der Waals surface area contributed by atoms with Gasteiger partial charge >= 0.3 is 0 Å². The molecule has 0 radical (unpaired) electrons. The topological polar surface area (TPSA) is 0 Å². The van der Waals surface area contributed by atoms with Gasteiger partial charge in [0.05, 0.1) is 0 Å². The highest BCUT2D eigenvalue weighted by atomic mass is 14.6. The molecule has 0 aliphatic heterocycles. The van der Waals surface area contributed by atoms with Crippen LogP contribution in [0.1, 0.15) is 57.4 Å². The van der Waals surface area contributed by atoms with Gasteiger partial charge in [0.25, 0.3) is 0 Å². The summed E-state index contributed by atoms with van der Waals surface area (Å²) in [5, 5.41) is 2.86. The molecule has 0 nitrogen and oxygen atoms in total. The summed E-state index contributed by atoms with van der Waals surface area (Å²) in [7, 11) is 0. The maximum atomic E-state index is 2.58. The first-order chi connectivity index (χ1) is 12.3. The molecule has 1 fully saturated rings. The van der Waals surface area contributed by atoms with Crippen LogP contribution in [0.15, 0.2) is 66.8 Å². The highest BCUT2D eigenvalue weighted by molar-refractivity contribution is 5.86. The van der Waals surface area contributed by atoms with E-state index in [1.807, 2.05) is 0 Å². The Kier molecular flexibility index (Phi) is 4.54. The standard InChI is InChI=1S/C25H30/c1-3-10-24-23(18-20-13-7-8-17-25(20,24)16-4-2)22-15-9-12-19-11-5-6-14-21(19)22/h5-9,11-15,17,20,23-24H,3-4,10,16,18H2,1-2H3. The van der Waals surface area contributed by atoms with Crippen molar-refractivity contribution in [3.05, 3.63) is 72.3 Å². The van der Waals surface area contributed by atoms with E-state index in [9.17, 15) is 0 Å². The van der Waals surface area contributed by atoms with Gasteiger partial charge in [-0.3, -0.25) is 0 Å². The molecule has 4 atom stereocenters. The Morgan fingerprint density at radius 1 is 0.960 bits per heavy atom. The van der Waals surface area contributed by atoms with Crippen molar-refractivity contribution >= 4 is 10.8 Å². The summed E-state index contributed by atoms with van der Waals surface area (Å²) in [6.07, 6.45) is 16.2. The van der Waals surface area contributed by atoms with Crippen LogP contribution in [0.2, 0.25) is 0 Å². The first kappa shape index (κ1) is 16.6. The fourth-order valence-corrected chi connectivity index (χ4v) is 5.83. The molecule has 2 aliphatic rings. The predicted octanol–water partition coefficient (Wildman–Crippen LogP) is 7.27. The molecule has 25 heavy (non-hydrogen) atoms. The molecule has 4 unspecified atom stereocenters. The van der Waals surface area contributed by atoms with Crippen LogP contribution in [-0.4, -0.2) is 0 Å². The van der Waals surface area contributed by atoms with Crippen molar-refractivity contribution in [1.29, 1.82) is 0 Å². The van der Waals surface area contributed by atoms with Crippen molar-refractivity contribution in [2.45, 2.75) is 51.9 Å². The Morgan fingerprint density at radius 3 is 2.64 bits per heavy atom. The molecule has 0 spiro atoms. The maximum Gasteiger partial charge on any atom is -0.00181 e. The van der Waals surface area contributed by atoms with Crippen LogP contribution in [0.3, 0.4) is 0 Å². The number of hydrogen-bond donors (Lipinski definition) is 0. The van der Waals surface area contributed by atoms with Gasteiger partial charge in [0, 0.05) is 0 Å². The highest BCUT2D eigenvalue weighted by Crippen LogP contribution is 2.61. The quantitative estimate of drug-likeness (QED) is 0.540. The van der Waals surface area contributed by atoms with Gasteiger partial charge in [-0.05, 0) is 58.8 Å². The summed E-state index contributed by atoms with van der Waals surface area (Å²) in [6, 6.07) is 15.9. The molecule has 130 valence electrons. The van der Waals surface area contributed by atoms with E-state index < -0.39 is 0 Å². The van der Waals surface area contributed by atoms with Gasteiger partial charge in [0.1, 0.15) is 0 Å². The molecule has 0 heterocycles. The summed E-state index contributed by atoms with van der Waals surface area (Å²) in [4.78, 5) is 0. The van der Waals surface area contributed by atoms with Crippen LogP contribution < -0.4 is 0 Å². The maximum absolute atomic E-state index is 2.58. The summed E-state index contributed by atoms with van der Waals surface area (Å²) < 4.78 is 0. The van der Waals surface area contributed by atoms with Crippen molar-refractivity contribution in [1.82, 2.24) is 0 Å². The lowest BCUT2D eigenvalue weighted by Crippen LogP contribution is -2.31. The van der Waals surface area contributed by atoms with E-state index in [1.165, 1.54) is 42.9 Å². The molecule has 1 saturated carbocycles. The van der Waals surface area contributed by atoms with E-state index >= 15 is 0 Å². The van der Waals surface area contributed by atoms with Crippen LogP contribution in [0, 0.1) is 17.3 Å². The normalized spacial score (nSPS) is 30.7. The van der Waals surface area contributed by atoms with Crippen molar-refractivity contribution < 1.29 is 0 Å². The lowest BCUT2D eigenvalue weighted by Gasteiger charge is -2.40. The first-order valence-corrected chi connectivity index (χ1v) is 10.1. The molecule has 4 rings (SSSR count). The van der Waals surface area contributed by atoms with Crippen LogP contribution >= 0.6 is 0 Å². The van der Waals surface area contributed by atoms with Crippen LogP contribution in [0.4, 0.5) is 0 Å². The van der Waals surface area contributed by atoms with Gasteiger partial charge in [-0.2, -0.15) is 0 Å². The Hall–Kier alpha value is -1.82. The second kappa shape index (κ2) is 6.83. The number of rotatable bonds is 5. The monoisotopic (exact) mass is 330 g/mol. The molecular weight excluding hydrogens is 300 g/mol. The molecule has 0 amide bonds. The summed E-state index contributed by atoms with van der Waals surface area (Å²) >= 11 is 0. The van der Waals surface area contributed by atoms with Gasteiger partial charge in [0.15, 0.2) is 0 Å². The second-order valence-corrected chi connectivity index (χ2v) is 8.02. The number of fused-ring (bicyclic) bond motifs is 2. The fourth-order valence-electron chi connectivity index (χ4n) is 5.83. The summed E-state index contributed by atoms with van der Waals surface area (Å²) in [5.74, 6) is 2.14. The highest BCUT2D eigenvalue weighted by Gasteiger charge is 2.52. The molecule has 2 aromatic carbocycles. The minimum Gasteiger partial charge on any atom is -0.0805 e. The van der Waals surface area contributed by atoms with Crippen molar-refractivity contribution in [2.75, 3.05) is 0 Å². The van der Waals surface area contributed by atoms with Crippen LogP contribution in [0.5, 0.6) is 0 Å². The van der Waals surface area contributed by atoms with Gasteiger partial charge in [-0.25, -0.2) is 0 Å². The molecule has 0 N–H and O–H groups in total. The zero-order valence-corrected chi connectivity index (χ0v) is 15.6. The van der Waals surface area contributed by atoms with E-state index in [4.69, 9.17) is 0 Å².